The third-order valence-electron chi connectivity index (χ3n) is 1.06. The van der Waals surface area contributed by atoms with Gasteiger partial charge in [-0.1, -0.05) is 0 Å². The standard InChI is InChI=1S/C6H10N2O5/c1-2-13-5(11)3(4(9)10)8-6(7)12/h3H,2H2,1H3,(H,9,10)(H3,7,8,12). The number of urea groups is 1. The molecule has 0 aliphatic carbocycles. The predicted octanol–water partition coefficient (Wildman–Crippen LogP) is -1.33. The van der Waals surface area contributed by atoms with Gasteiger partial charge in [-0.15, -0.1) is 0 Å². The Kier molecular flexibility index (Phi) is 4.28. The van der Waals surface area contributed by atoms with Gasteiger partial charge in [-0.05, 0) is 6.92 Å². The average molecular weight is 190 g/mol. The van der Waals surface area contributed by atoms with Crippen LogP contribution < -0.4 is 11.1 Å². The number of primary amides is 1. The van der Waals surface area contributed by atoms with Crippen LogP contribution in [0.15, 0.2) is 0 Å². The van der Waals surface area contributed by atoms with Crippen LogP contribution in [0, 0.1) is 0 Å². The van der Waals surface area contributed by atoms with E-state index in [1.807, 2.05) is 0 Å². The molecule has 0 saturated carbocycles. The number of nitrogens with two attached hydrogens (primary N) is 1. The maximum absolute atomic E-state index is 10.8. The molecule has 1 unspecified atom stereocenters. The van der Waals surface area contributed by atoms with Crippen molar-refractivity contribution in [3.63, 3.8) is 0 Å². The zero-order chi connectivity index (χ0) is 10.4. The molecule has 0 radical (unpaired) electrons. The lowest BCUT2D eigenvalue weighted by Crippen LogP contribution is -2.49. The van der Waals surface area contributed by atoms with Crippen LogP contribution in [0.5, 0.6) is 0 Å². The Morgan fingerprint density at radius 2 is 2.08 bits per heavy atom. The van der Waals surface area contributed by atoms with Crippen LogP contribution in [0.1, 0.15) is 6.92 Å². The summed E-state index contributed by atoms with van der Waals surface area (Å²) in [4.78, 5) is 31.5. The van der Waals surface area contributed by atoms with Crippen LogP contribution in [0.3, 0.4) is 0 Å². The summed E-state index contributed by atoms with van der Waals surface area (Å²) in [6.45, 7) is 1.55. The van der Waals surface area contributed by atoms with Gasteiger partial charge in [0.05, 0.1) is 6.61 Å². The maximum atomic E-state index is 10.8. The number of carbonyl (C=O) groups excluding carboxylic acids is 2. The summed E-state index contributed by atoms with van der Waals surface area (Å²) < 4.78 is 4.38. The van der Waals surface area contributed by atoms with E-state index in [0.29, 0.717) is 0 Å². The number of hydrogen-bond acceptors (Lipinski definition) is 4. The molecule has 4 N–H and O–H groups in total. The monoisotopic (exact) mass is 190 g/mol. The van der Waals surface area contributed by atoms with Crippen LogP contribution in [0.25, 0.3) is 0 Å². The Labute approximate surface area is 73.8 Å². The first-order valence-corrected chi connectivity index (χ1v) is 3.44. The van der Waals surface area contributed by atoms with Crippen molar-refractivity contribution in [2.45, 2.75) is 13.0 Å². The number of rotatable bonds is 4. The third-order valence-corrected chi connectivity index (χ3v) is 1.06. The minimum atomic E-state index is -1.74. The number of esters is 1. The Morgan fingerprint density at radius 1 is 1.54 bits per heavy atom. The number of aliphatic carboxylic acids is 1. The second kappa shape index (κ2) is 4.96. The van der Waals surface area contributed by atoms with Crippen molar-refractivity contribution in [1.29, 1.82) is 0 Å². The van der Waals surface area contributed by atoms with Crippen molar-refractivity contribution in [2.24, 2.45) is 5.73 Å². The average Bonchev–Trinajstić information content (AvgIpc) is 1.99. The molecule has 74 valence electrons. The van der Waals surface area contributed by atoms with Gasteiger partial charge < -0.3 is 20.9 Å². The summed E-state index contributed by atoms with van der Waals surface area (Å²) in [5.41, 5.74) is 4.64. The fourth-order valence-electron chi connectivity index (χ4n) is 0.589. The lowest BCUT2D eigenvalue weighted by Gasteiger charge is -2.10. The molecule has 0 heterocycles. The van der Waals surface area contributed by atoms with Crippen LogP contribution in [0.2, 0.25) is 0 Å². The lowest BCUT2D eigenvalue weighted by molar-refractivity contribution is -0.154. The van der Waals surface area contributed by atoms with Gasteiger partial charge in [0.15, 0.2) is 0 Å². The van der Waals surface area contributed by atoms with Crippen LogP contribution in [0.4, 0.5) is 4.79 Å². The number of carbonyl (C=O) groups is 3. The van der Waals surface area contributed by atoms with Gasteiger partial charge in [0.1, 0.15) is 0 Å². The fraction of sp³-hybridized carbons (Fsp3) is 0.500. The van der Waals surface area contributed by atoms with Gasteiger partial charge >= 0.3 is 18.0 Å². The Hall–Kier alpha value is -1.79. The molecule has 1 atom stereocenters. The molecule has 0 bridgehead atoms. The number of hydrogen-bond donors (Lipinski definition) is 3. The normalized spacial score (nSPS) is 11.5. The molecule has 2 amide bonds. The summed E-state index contributed by atoms with van der Waals surface area (Å²) in [7, 11) is 0. The maximum Gasteiger partial charge on any atom is 0.340 e. The van der Waals surface area contributed by atoms with E-state index in [2.05, 4.69) is 10.5 Å². The first-order chi connectivity index (χ1) is 5.99. The van der Waals surface area contributed by atoms with Gasteiger partial charge in [0.2, 0.25) is 6.04 Å². The third kappa shape index (κ3) is 3.94. The van der Waals surface area contributed by atoms with Crippen molar-refractivity contribution < 1.29 is 24.2 Å². The zero-order valence-electron chi connectivity index (χ0n) is 6.94. The number of ether oxygens (including phenoxy) is 1. The SMILES string of the molecule is CCOC(=O)C(NC(N)=O)C(=O)O. The van der Waals surface area contributed by atoms with Gasteiger partial charge in [0.25, 0.3) is 0 Å². The van der Waals surface area contributed by atoms with Crippen molar-refractivity contribution in [3.8, 4) is 0 Å². The largest absolute Gasteiger partial charge is 0.479 e. The van der Waals surface area contributed by atoms with Crippen LogP contribution in [-0.2, 0) is 14.3 Å². The molecule has 0 fully saturated rings. The minimum Gasteiger partial charge on any atom is -0.479 e. The molecule has 7 nitrogen and oxygen atoms in total. The quantitative estimate of drug-likeness (QED) is 0.375. The van der Waals surface area contributed by atoms with Crippen LogP contribution >= 0.6 is 0 Å². The summed E-state index contributed by atoms with van der Waals surface area (Å²) in [6, 6.07) is -2.84. The van der Waals surface area contributed by atoms with E-state index in [9.17, 15) is 14.4 Å². The van der Waals surface area contributed by atoms with E-state index >= 15 is 0 Å². The van der Waals surface area contributed by atoms with Crippen LogP contribution in [-0.4, -0.2) is 35.7 Å². The topological polar surface area (TPSA) is 119 Å². The number of amides is 2. The predicted molar refractivity (Wildman–Crippen MR) is 40.8 cm³/mol. The molecule has 0 aromatic rings. The summed E-state index contributed by atoms with van der Waals surface area (Å²) in [5.74, 6) is -2.56. The van der Waals surface area contributed by atoms with E-state index in [1.165, 1.54) is 6.92 Å². The highest BCUT2D eigenvalue weighted by atomic mass is 16.5. The molecule has 0 aliphatic heterocycles. The molecular formula is C6H10N2O5. The first kappa shape index (κ1) is 11.2. The van der Waals surface area contributed by atoms with Gasteiger partial charge in [-0.2, -0.15) is 0 Å². The molecule has 0 aromatic heterocycles. The first-order valence-electron chi connectivity index (χ1n) is 3.44. The highest BCUT2D eigenvalue weighted by Gasteiger charge is 2.28. The number of nitrogens with one attached hydrogen (secondary N) is 1. The molecule has 0 rings (SSSR count). The molecule has 0 spiro atoms. The second-order valence-electron chi connectivity index (χ2n) is 2.03. The molecule has 0 aromatic carbocycles. The van der Waals surface area contributed by atoms with Gasteiger partial charge in [-0.3, -0.25) is 0 Å². The van der Waals surface area contributed by atoms with E-state index < -0.39 is 24.0 Å². The summed E-state index contributed by atoms with van der Waals surface area (Å²) in [6.07, 6.45) is 0. The Bertz CT molecular complexity index is 227. The lowest BCUT2D eigenvalue weighted by atomic mass is 10.3. The molecule has 0 aliphatic rings. The van der Waals surface area contributed by atoms with Gasteiger partial charge in [-0.25, -0.2) is 14.4 Å². The molecule has 13 heavy (non-hydrogen) atoms. The Morgan fingerprint density at radius 3 is 2.38 bits per heavy atom. The van der Waals surface area contributed by atoms with Crippen molar-refractivity contribution in [1.82, 2.24) is 5.32 Å². The molecular weight excluding hydrogens is 180 g/mol. The molecule has 7 heteroatoms. The second-order valence-corrected chi connectivity index (χ2v) is 2.03. The molecule has 0 saturated heterocycles. The van der Waals surface area contributed by atoms with E-state index in [4.69, 9.17) is 5.11 Å². The Balaban J connectivity index is 4.32. The fourth-order valence-corrected chi connectivity index (χ4v) is 0.589. The van der Waals surface area contributed by atoms with Gasteiger partial charge in [0, 0.05) is 0 Å². The number of carboxylic acid groups (broad SMARTS) is 1. The highest BCUT2D eigenvalue weighted by Crippen LogP contribution is 1.89. The van der Waals surface area contributed by atoms with Crippen molar-refractivity contribution in [3.05, 3.63) is 0 Å². The van der Waals surface area contributed by atoms with Crippen molar-refractivity contribution in [2.75, 3.05) is 6.61 Å². The smallest absolute Gasteiger partial charge is 0.340 e. The zero-order valence-corrected chi connectivity index (χ0v) is 6.94. The summed E-state index contributed by atoms with van der Waals surface area (Å²) >= 11 is 0. The van der Waals surface area contributed by atoms with E-state index in [-0.39, 0.29) is 6.61 Å². The number of carboxylic acids is 1. The summed E-state index contributed by atoms with van der Waals surface area (Å²) in [5, 5.41) is 10.2. The minimum absolute atomic E-state index is 0.0308. The van der Waals surface area contributed by atoms with Crippen molar-refractivity contribution >= 4 is 18.0 Å². The highest BCUT2D eigenvalue weighted by molar-refractivity contribution is 6.01. The van der Waals surface area contributed by atoms with E-state index in [1.54, 1.807) is 5.32 Å². The van der Waals surface area contributed by atoms with E-state index in [0.717, 1.165) is 0 Å².